The Bertz CT molecular complexity index is 1140. The highest BCUT2D eigenvalue weighted by Gasteiger charge is 2.31. The van der Waals surface area contributed by atoms with Crippen LogP contribution in [-0.4, -0.2) is 31.2 Å². The minimum Gasteiger partial charge on any atom is -0.348 e. The van der Waals surface area contributed by atoms with E-state index in [2.05, 4.69) is 21.3 Å². The number of aryl methyl sites for hydroxylation is 1. The van der Waals surface area contributed by atoms with Crippen LogP contribution in [0.15, 0.2) is 36.4 Å². The van der Waals surface area contributed by atoms with E-state index in [1.54, 1.807) is 0 Å². The van der Waals surface area contributed by atoms with Gasteiger partial charge in [0.25, 0.3) is 0 Å². The Labute approximate surface area is 223 Å². The number of nitrogens with zero attached hydrogens (tertiary/aromatic N) is 3. The second-order valence-electron chi connectivity index (χ2n) is 8.66. The number of halogens is 3. The van der Waals surface area contributed by atoms with Crippen molar-refractivity contribution in [1.82, 2.24) is 10.3 Å². The minimum atomic E-state index is -4.36. The molecular weight excluding hydrogens is 493 g/mol. The van der Waals surface area contributed by atoms with Crippen LogP contribution >= 0.6 is 11.3 Å². The first-order valence-corrected chi connectivity index (χ1v) is 14.1. The fraction of sp³-hybridized carbons (Fsp3) is 0.517. The largest absolute Gasteiger partial charge is 0.416 e. The number of piperidine rings is 1. The van der Waals surface area contributed by atoms with Crippen LogP contribution < -0.4 is 10.2 Å². The number of benzene rings is 2. The van der Waals surface area contributed by atoms with Gasteiger partial charge in [-0.2, -0.15) is 18.4 Å². The maximum Gasteiger partial charge on any atom is 0.416 e. The van der Waals surface area contributed by atoms with Gasteiger partial charge in [0.1, 0.15) is 0 Å². The molecule has 4 nitrogen and oxygen atoms in total. The first-order valence-electron chi connectivity index (χ1n) is 13.3. The molecule has 3 aromatic rings. The molecule has 0 aliphatic carbocycles. The van der Waals surface area contributed by atoms with Crippen molar-refractivity contribution >= 4 is 26.7 Å². The Morgan fingerprint density at radius 3 is 2.38 bits per heavy atom. The highest BCUT2D eigenvalue weighted by molar-refractivity contribution is 7.22. The Balaban J connectivity index is 0.00000115. The molecule has 1 aliphatic heterocycles. The van der Waals surface area contributed by atoms with Crippen LogP contribution in [0.3, 0.4) is 0 Å². The Kier molecular flexibility index (Phi) is 12.4. The first-order chi connectivity index (χ1) is 17.8. The number of nitrogens with one attached hydrogen (secondary N) is 1. The first kappa shape index (κ1) is 30.6. The zero-order chi connectivity index (χ0) is 27.4. The molecule has 0 saturated carbocycles. The van der Waals surface area contributed by atoms with Crippen molar-refractivity contribution < 1.29 is 13.2 Å². The fourth-order valence-electron chi connectivity index (χ4n) is 4.31. The Morgan fingerprint density at radius 1 is 1.05 bits per heavy atom. The summed E-state index contributed by atoms with van der Waals surface area (Å²) in [6, 6.07) is 11.8. The minimum absolute atomic E-state index is 0.556. The quantitative estimate of drug-likeness (QED) is 0.335. The molecule has 37 heavy (non-hydrogen) atoms. The highest BCUT2D eigenvalue weighted by Crippen LogP contribution is 2.35. The molecule has 0 radical (unpaired) electrons. The van der Waals surface area contributed by atoms with E-state index in [0.29, 0.717) is 21.7 Å². The summed E-state index contributed by atoms with van der Waals surface area (Å²) in [5, 5.41) is 13.3. The summed E-state index contributed by atoms with van der Waals surface area (Å²) >= 11 is 1.33. The maximum absolute atomic E-state index is 13.2. The lowest BCUT2D eigenvalue weighted by Crippen LogP contribution is -2.32. The molecule has 2 heterocycles. The van der Waals surface area contributed by atoms with Crippen LogP contribution in [0.2, 0.25) is 0 Å². The Hall–Kier alpha value is -2.63. The highest BCUT2D eigenvalue weighted by atomic mass is 32.1. The van der Waals surface area contributed by atoms with E-state index in [1.165, 1.54) is 23.5 Å². The van der Waals surface area contributed by atoms with Gasteiger partial charge in [-0.3, -0.25) is 0 Å². The van der Waals surface area contributed by atoms with Gasteiger partial charge in [-0.05, 0) is 87.0 Å². The summed E-state index contributed by atoms with van der Waals surface area (Å²) in [6.45, 7) is 13.6. The van der Waals surface area contributed by atoms with Crippen molar-refractivity contribution in [2.45, 2.75) is 66.5 Å². The van der Waals surface area contributed by atoms with Gasteiger partial charge in [-0.15, -0.1) is 0 Å². The van der Waals surface area contributed by atoms with Crippen molar-refractivity contribution in [3.05, 3.63) is 58.7 Å². The van der Waals surface area contributed by atoms with Crippen LogP contribution in [0.25, 0.3) is 10.2 Å². The van der Waals surface area contributed by atoms with Crippen LogP contribution in [0, 0.1) is 24.2 Å². The molecule has 202 valence electrons. The van der Waals surface area contributed by atoms with Gasteiger partial charge in [0.2, 0.25) is 0 Å². The zero-order valence-corrected chi connectivity index (χ0v) is 23.4. The molecule has 1 aliphatic rings. The molecule has 0 atom stereocenters. The average molecular weight is 533 g/mol. The van der Waals surface area contributed by atoms with Crippen LogP contribution in [-0.2, 0) is 12.6 Å². The lowest BCUT2D eigenvalue weighted by Gasteiger charge is -2.27. The summed E-state index contributed by atoms with van der Waals surface area (Å²) in [5.41, 5.74) is 2.73. The number of hydrogen-bond acceptors (Lipinski definition) is 5. The van der Waals surface area contributed by atoms with E-state index in [0.717, 1.165) is 74.2 Å². The second kappa shape index (κ2) is 14.9. The molecule has 4 rings (SSSR count). The number of hydrogen-bond donors (Lipinski definition) is 1. The standard InChI is InChI=1S/C25H27F3N4S.2C2H6/c1-17-14-19(2-3-20(17)16-29)9-13-32(12-8-18-6-10-30-11-7-18)24-31-22-5-4-21(25(26,27)28)15-23(22)33-24;2*1-2/h2-5,14-15,18,30H,6-13H2,1H3;2*1-2H3. The molecule has 2 aromatic carbocycles. The number of nitriles is 1. The summed E-state index contributed by atoms with van der Waals surface area (Å²) in [4.78, 5) is 6.89. The van der Waals surface area contributed by atoms with Gasteiger partial charge < -0.3 is 10.2 Å². The van der Waals surface area contributed by atoms with Crippen LogP contribution in [0.5, 0.6) is 0 Å². The topological polar surface area (TPSA) is 52.0 Å². The zero-order valence-electron chi connectivity index (χ0n) is 22.6. The lowest BCUT2D eigenvalue weighted by molar-refractivity contribution is -0.137. The molecular formula is C29H39F3N4S. The molecule has 1 fully saturated rings. The molecule has 0 bridgehead atoms. The number of alkyl halides is 3. The maximum atomic E-state index is 13.2. The van der Waals surface area contributed by atoms with Gasteiger partial charge in [0.05, 0.1) is 27.4 Å². The fourth-order valence-corrected chi connectivity index (χ4v) is 5.36. The SMILES string of the molecule is CC.CC.Cc1cc(CCN(CCC2CCNCC2)c2nc3ccc(C(F)(F)F)cc3s2)ccc1C#N. The summed E-state index contributed by atoms with van der Waals surface area (Å²) in [6.07, 6.45) is -0.240. The van der Waals surface area contributed by atoms with E-state index in [4.69, 9.17) is 5.26 Å². The van der Waals surface area contributed by atoms with Gasteiger partial charge >= 0.3 is 6.18 Å². The Morgan fingerprint density at radius 2 is 1.76 bits per heavy atom. The molecule has 0 unspecified atom stereocenters. The van der Waals surface area contributed by atoms with E-state index >= 15 is 0 Å². The molecule has 1 aromatic heterocycles. The number of fused-ring (bicyclic) bond motifs is 1. The predicted octanol–water partition coefficient (Wildman–Crippen LogP) is 7.99. The number of thiazole rings is 1. The summed E-state index contributed by atoms with van der Waals surface area (Å²) in [7, 11) is 0. The van der Waals surface area contributed by atoms with E-state index < -0.39 is 11.7 Å². The van der Waals surface area contributed by atoms with E-state index in [1.807, 2.05) is 52.8 Å². The smallest absolute Gasteiger partial charge is 0.348 e. The van der Waals surface area contributed by atoms with Gasteiger partial charge in [0, 0.05) is 13.1 Å². The third kappa shape index (κ3) is 8.72. The lowest BCUT2D eigenvalue weighted by atomic mass is 9.94. The normalized spacial score (nSPS) is 13.7. The van der Waals surface area contributed by atoms with Gasteiger partial charge in [-0.1, -0.05) is 51.2 Å². The molecule has 0 spiro atoms. The number of rotatable bonds is 7. The molecule has 1 N–H and O–H groups in total. The summed E-state index contributed by atoms with van der Waals surface area (Å²) < 4.78 is 40.0. The van der Waals surface area contributed by atoms with Crippen molar-refractivity contribution in [2.75, 3.05) is 31.1 Å². The van der Waals surface area contributed by atoms with E-state index in [9.17, 15) is 13.2 Å². The van der Waals surface area contributed by atoms with Crippen molar-refractivity contribution in [2.24, 2.45) is 5.92 Å². The van der Waals surface area contributed by atoms with E-state index in [-0.39, 0.29) is 0 Å². The molecule has 0 amide bonds. The van der Waals surface area contributed by atoms with Crippen LogP contribution in [0.4, 0.5) is 18.3 Å². The third-order valence-electron chi connectivity index (χ3n) is 6.32. The van der Waals surface area contributed by atoms with Crippen molar-refractivity contribution in [3.63, 3.8) is 0 Å². The third-order valence-corrected chi connectivity index (χ3v) is 7.40. The average Bonchev–Trinajstić information content (AvgIpc) is 3.34. The number of anilines is 1. The molecule has 8 heteroatoms. The van der Waals surface area contributed by atoms with Crippen molar-refractivity contribution in [1.29, 1.82) is 5.26 Å². The second-order valence-corrected chi connectivity index (χ2v) is 9.67. The monoisotopic (exact) mass is 532 g/mol. The summed E-state index contributed by atoms with van der Waals surface area (Å²) in [5.74, 6) is 0.650. The molecule has 1 saturated heterocycles. The van der Waals surface area contributed by atoms with Gasteiger partial charge in [0.15, 0.2) is 5.13 Å². The number of aromatic nitrogens is 1. The van der Waals surface area contributed by atoms with Crippen molar-refractivity contribution in [3.8, 4) is 6.07 Å². The van der Waals surface area contributed by atoms with Crippen LogP contribution in [0.1, 0.15) is 69.2 Å². The van der Waals surface area contributed by atoms with Gasteiger partial charge in [-0.25, -0.2) is 4.98 Å². The predicted molar refractivity (Wildman–Crippen MR) is 149 cm³/mol.